The van der Waals surface area contributed by atoms with E-state index in [0.717, 1.165) is 0 Å². The van der Waals surface area contributed by atoms with Gasteiger partial charge in [0.25, 0.3) is 10.1 Å². The van der Waals surface area contributed by atoms with E-state index in [1.54, 1.807) is 0 Å². The molecule has 0 aliphatic heterocycles. The average molecular weight is 111 g/mol. The summed E-state index contributed by atoms with van der Waals surface area (Å²) in [7, 11) is -4.23. The largest absolute Gasteiger partial charge is 0.372 e. The molecule has 0 aromatic carbocycles. The Hall–Kier alpha value is -0.130. The Morgan fingerprint density at radius 3 is 1.67 bits per heavy atom. The Kier molecular flexibility index (Phi) is 1.51. The third-order valence-electron chi connectivity index (χ3n) is 0.133. The second-order valence-corrected chi connectivity index (χ2v) is 1.86. The number of aliphatic hydroxyl groups excluding tert-OH is 1. The molecule has 0 unspecified atom stereocenters. The molecule has 1 radical (unpaired) electrons. The van der Waals surface area contributed by atoms with Crippen LogP contribution >= 0.6 is 0 Å². The molecule has 0 amide bonds. The van der Waals surface area contributed by atoms with Gasteiger partial charge in [0.15, 0.2) is 0 Å². The quantitative estimate of drug-likeness (QED) is 0.441. The van der Waals surface area contributed by atoms with Gasteiger partial charge in [-0.1, -0.05) is 0 Å². The van der Waals surface area contributed by atoms with Crippen molar-refractivity contribution in [3.8, 4) is 0 Å². The van der Waals surface area contributed by atoms with Gasteiger partial charge >= 0.3 is 0 Å². The van der Waals surface area contributed by atoms with E-state index in [1.165, 1.54) is 0 Å². The van der Waals surface area contributed by atoms with Gasteiger partial charge in [0.05, 0.1) is 0 Å². The van der Waals surface area contributed by atoms with Crippen LogP contribution in [0, 0.1) is 5.94 Å². The minimum atomic E-state index is -4.23. The fourth-order valence-corrected chi connectivity index (χ4v) is 0. The molecule has 0 heterocycles. The molecule has 0 aliphatic rings. The maximum Gasteiger partial charge on any atom is 0.295 e. The lowest BCUT2D eigenvalue weighted by Gasteiger charge is -1.78. The summed E-state index contributed by atoms with van der Waals surface area (Å²) in [6, 6.07) is 0. The highest BCUT2D eigenvalue weighted by atomic mass is 32.2. The van der Waals surface area contributed by atoms with Crippen molar-refractivity contribution < 1.29 is 18.1 Å². The third-order valence-corrected chi connectivity index (χ3v) is 0.400. The van der Waals surface area contributed by atoms with Gasteiger partial charge in [0.2, 0.25) is 5.94 Å². The maximum absolute atomic E-state index is 9.25. The summed E-state index contributed by atoms with van der Waals surface area (Å²) in [5.41, 5.74) is 0. The Balaban J connectivity index is 3.85. The van der Waals surface area contributed by atoms with Crippen LogP contribution in [-0.2, 0) is 10.1 Å². The summed E-state index contributed by atoms with van der Waals surface area (Å²) in [4.78, 5) is 0. The predicted octanol–water partition coefficient (Wildman–Crippen LogP) is -0.634. The summed E-state index contributed by atoms with van der Waals surface area (Å²) in [5.74, 6) is -0.285. The molecule has 0 spiro atoms. The molecule has 6 heavy (non-hydrogen) atoms. The van der Waals surface area contributed by atoms with E-state index in [0.29, 0.717) is 0 Å². The summed E-state index contributed by atoms with van der Waals surface area (Å²) < 4.78 is 26.0. The van der Waals surface area contributed by atoms with Crippen LogP contribution in [0.25, 0.3) is 0 Å². The lowest BCUT2D eigenvalue weighted by molar-refractivity contribution is 0.397. The van der Waals surface area contributed by atoms with Gasteiger partial charge < -0.3 is 5.11 Å². The monoisotopic (exact) mass is 111 g/mol. The molecular formula is CH3O4S. The molecule has 0 rings (SSSR count). The van der Waals surface area contributed by atoms with E-state index in [1.807, 2.05) is 0 Å². The lowest BCUT2D eigenvalue weighted by Crippen LogP contribution is -1.94. The average Bonchev–Trinajstić information content (AvgIpc) is 1.35. The zero-order chi connectivity index (χ0) is 5.21. The van der Waals surface area contributed by atoms with Crippen molar-refractivity contribution in [3.05, 3.63) is 5.94 Å². The van der Waals surface area contributed by atoms with Crippen molar-refractivity contribution in [2.24, 2.45) is 0 Å². The zero-order valence-electron chi connectivity index (χ0n) is 2.70. The van der Waals surface area contributed by atoms with E-state index < -0.39 is 10.1 Å². The van der Waals surface area contributed by atoms with Gasteiger partial charge in [-0.3, -0.25) is 4.55 Å². The van der Waals surface area contributed by atoms with Gasteiger partial charge in [-0.25, -0.2) is 0 Å². The third kappa shape index (κ3) is 3.87. The highest BCUT2D eigenvalue weighted by Gasteiger charge is 1.97. The van der Waals surface area contributed by atoms with Crippen LogP contribution in [-0.4, -0.2) is 18.1 Å². The van der Waals surface area contributed by atoms with Gasteiger partial charge in [0, 0.05) is 0 Å². The lowest BCUT2D eigenvalue weighted by atomic mass is 11.7. The van der Waals surface area contributed by atoms with Gasteiger partial charge in [-0.05, 0) is 0 Å². The number of rotatable bonds is 1. The molecule has 0 aromatic rings. The standard InChI is InChI=1S/CH3O4S/c2-1-6(3,4)5/h1-2H,(H,3,4,5). The minimum absolute atomic E-state index is 0.285. The summed E-state index contributed by atoms with van der Waals surface area (Å²) in [5, 5.41) is 7.44. The van der Waals surface area contributed by atoms with Crippen LogP contribution in [0.2, 0.25) is 0 Å². The molecule has 0 atom stereocenters. The first-order chi connectivity index (χ1) is 2.56. The second kappa shape index (κ2) is 1.55. The maximum atomic E-state index is 9.25. The first kappa shape index (κ1) is 5.87. The molecule has 0 bridgehead atoms. The van der Waals surface area contributed by atoms with Crippen LogP contribution in [0.1, 0.15) is 0 Å². The van der Waals surface area contributed by atoms with E-state index in [-0.39, 0.29) is 5.94 Å². The normalized spacial score (nSPS) is 11.7. The smallest absolute Gasteiger partial charge is 0.295 e. The number of hydrogen-bond acceptors (Lipinski definition) is 3. The van der Waals surface area contributed by atoms with Crippen LogP contribution in [0.5, 0.6) is 0 Å². The van der Waals surface area contributed by atoms with Crippen LogP contribution in [0.15, 0.2) is 0 Å². The molecule has 0 aliphatic carbocycles. The second-order valence-electron chi connectivity index (χ2n) is 0.620. The van der Waals surface area contributed by atoms with Crippen molar-refractivity contribution in [2.75, 3.05) is 0 Å². The fourth-order valence-electron chi connectivity index (χ4n) is 0. The van der Waals surface area contributed by atoms with Crippen LogP contribution in [0.4, 0.5) is 0 Å². The molecule has 0 aromatic heterocycles. The molecule has 37 valence electrons. The number of aliphatic hydroxyl groups is 1. The fraction of sp³-hybridized carbons (Fsp3) is 0. The molecule has 5 heteroatoms. The molecule has 0 saturated heterocycles. The zero-order valence-corrected chi connectivity index (χ0v) is 3.51. The van der Waals surface area contributed by atoms with Crippen LogP contribution in [0.3, 0.4) is 0 Å². The van der Waals surface area contributed by atoms with Crippen molar-refractivity contribution in [2.45, 2.75) is 0 Å². The molecule has 0 fully saturated rings. The topological polar surface area (TPSA) is 74.6 Å². The van der Waals surface area contributed by atoms with Crippen molar-refractivity contribution in [3.63, 3.8) is 0 Å². The summed E-state index contributed by atoms with van der Waals surface area (Å²) in [6.45, 7) is 0. The van der Waals surface area contributed by atoms with Crippen LogP contribution < -0.4 is 0 Å². The summed E-state index contributed by atoms with van der Waals surface area (Å²) >= 11 is 0. The molecule has 0 saturated carbocycles. The van der Waals surface area contributed by atoms with Crippen molar-refractivity contribution in [1.82, 2.24) is 0 Å². The first-order valence-corrected chi connectivity index (χ1v) is 2.51. The molecule has 4 nitrogen and oxygen atoms in total. The first-order valence-electron chi connectivity index (χ1n) is 1.01. The van der Waals surface area contributed by atoms with E-state index in [9.17, 15) is 8.42 Å². The number of hydrogen-bond donors (Lipinski definition) is 2. The highest BCUT2D eigenvalue weighted by Crippen LogP contribution is 1.78. The molecule has 2 N–H and O–H groups in total. The Morgan fingerprint density at radius 2 is 1.67 bits per heavy atom. The van der Waals surface area contributed by atoms with Crippen molar-refractivity contribution in [1.29, 1.82) is 0 Å². The van der Waals surface area contributed by atoms with Gasteiger partial charge in [-0.2, -0.15) is 8.42 Å². The Labute approximate surface area is 35.2 Å². The van der Waals surface area contributed by atoms with E-state index in [2.05, 4.69) is 0 Å². The Morgan fingerprint density at radius 1 is 1.50 bits per heavy atom. The summed E-state index contributed by atoms with van der Waals surface area (Å²) in [6.07, 6.45) is 0. The van der Waals surface area contributed by atoms with E-state index >= 15 is 0 Å². The molecular weight excluding hydrogens is 108 g/mol. The SMILES string of the molecule is O=S(=O)(O)[CH]O. The van der Waals surface area contributed by atoms with Gasteiger partial charge in [0.1, 0.15) is 0 Å². The Bertz CT molecular complexity index is 110. The highest BCUT2D eigenvalue weighted by molar-refractivity contribution is 7.87. The van der Waals surface area contributed by atoms with Gasteiger partial charge in [-0.15, -0.1) is 0 Å². The minimum Gasteiger partial charge on any atom is -0.372 e. The van der Waals surface area contributed by atoms with Crippen molar-refractivity contribution >= 4 is 10.1 Å². The van der Waals surface area contributed by atoms with E-state index in [4.69, 9.17) is 9.66 Å². The predicted molar refractivity (Wildman–Crippen MR) is 17.8 cm³/mol.